The van der Waals surface area contributed by atoms with E-state index in [1.807, 2.05) is 13.0 Å². The van der Waals surface area contributed by atoms with Crippen LogP contribution in [0.2, 0.25) is 0 Å². The molecule has 0 bridgehead atoms. The first kappa shape index (κ1) is 19.3. The lowest BCUT2D eigenvalue weighted by Crippen LogP contribution is -2.53. The average Bonchev–Trinajstić information content (AvgIpc) is 2.64. The van der Waals surface area contributed by atoms with Crippen molar-refractivity contribution in [3.05, 3.63) is 54.1 Å². The van der Waals surface area contributed by atoms with Crippen molar-refractivity contribution in [1.82, 2.24) is 5.32 Å². The Morgan fingerprint density at radius 2 is 1.89 bits per heavy atom. The number of carbonyl (C=O) groups is 1. The van der Waals surface area contributed by atoms with Crippen LogP contribution in [0.15, 0.2) is 53.4 Å². The Bertz CT molecular complexity index is 916. The zero-order chi connectivity index (χ0) is 19.4. The van der Waals surface area contributed by atoms with Crippen LogP contribution >= 0.6 is 0 Å². The van der Waals surface area contributed by atoms with Gasteiger partial charge in [0.15, 0.2) is 0 Å². The summed E-state index contributed by atoms with van der Waals surface area (Å²) in [6, 6.07) is 13.0. The Balaban J connectivity index is 1.80. The zero-order valence-electron chi connectivity index (χ0n) is 15.2. The summed E-state index contributed by atoms with van der Waals surface area (Å²) < 4.78 is 33.6. The predicted octanol–water partition coefficient (Wildman–Crippen LogP) is 2.11. The Hall–Kier alpha value is -2.42. The molecule has 7 nitrogen and oxygen atoms in total. The van der Waals surface area contributed by atoms with E-state index >= 15 is 0 Å². The molecule has 1 fully saturated rings. The van der Waals surface area contributed by atoms with Crippen LogP contribution < -0.4 is 15.4 Å². The molecule has 0 aromatic heterocycles. The van der Waals surface area contributed by atoms with Gasteiger partial charge in [-0.15, -0.1) is 0 Å². The maximum absolute atomic E-state index is 12.8. The van der Waals surface area contributed by atoms with E-state index in [0.717, 1.165) is 0 Å². The second-order valence-corrected chi connectivity index (χ2v) is 8.10. The molecule has 0 radical (unpaired) electrons. The van der Waals surface area contributed by atoms with Crippen LogP contribution in [-0.4, -0.2) is 39.6 Å². The standard InChI is InChI=1S/C19H23N3O4S/c1-13-8-9-16(21-19(23)18-14(2)26-11-10-20-18)12-17(13)27(24,25)22-15-6-4-3-5-7-15/h3-9,12,14,18,20,22H,10-11H2,1-2H3,(H,21,23)/t14-,18+/m1/s1. The van der Waals surface area contributed by atoms with E-state index in [1.54, 1.807) is 43.3 Å². The van der Waals surface area contributed by atoms with E-state index in [1.165, 1.54) is 6.07 Å². The zero-order valence-corrected chi connectivity index (χ0v) is 16.0. The molecule has 1 aliphatic heterocycles. The smallest absolute Gasteiger partial charge is 0.262 e. The monoisotopic (exact) mass is 389 g/mol. The first-order valence-electron chi connectivity index (χ1n) is 8.71. The van der Waals surface area contributed by atoms with Crippen LogP contribution in [0, 0.1) is 6.92 Å². The van der Waals surface area contributed by atoms with Gasteiger partial charge in [-0.25, -0.2) is 8.42 Å². The molecule has 3 N–H and O–H groups in total. The Morgan fingerprint density at radius 1 is 1.15 bits per heavy atom. The first-order valence-corrected chi connectivity index (χ1v) is 10.2. The molecule has 0 spiro atoms. The number of anilines is 2. The van der Waals surface area contributed by atoms with E-state index < -0.39 is 16.1 Å². The minimum atomic E-state index is -3.78. The molecule has 2 atom stereocenters. The molecule has 1 amide bonds. The third-order valence-electron chi connectivity index (χ3n) is 4.37. The maximum Gasteiger partial charge on any atom is 0.262 e. The lowest BCUT2D eigenvalue weighted by Gasteiger charge is -2.29. The van der Waals surface area contributed by atoms with Gasteiger partial charge in [-0.2, -0.15) is 0 Å². The SMILES string of the molecule is Cc1ccc(NC(=O)[C@H]2NCCO[C@@H]2C)cc1S(=O)(=O)Nc1ccccc1. The predicted molar refractivity (Wildman–Crippen MR) is 104 cm³/mol. The number of hydrogen-bond acceptors (Lipinski definition) is 5. The van der Waals surface area contributed by atoms with Crippen LogP contribution in [0.25, 0.3) is 0 Å². The van der Waals surface area contributed by atoms with Crippen molar-refractivity contribution < 1.29 is 17.9 Å². The van der Waals surface area contributed by atoms with E-state index in [-0.39, 0.29) is 16.9 Å². The van der Waals surface area contributed by atoms with Gasteiger partial charge in [0.25, 0.3) is 10.0 Å². The fraction of sp³-hybridized carbons (Fsp3) is 0.316. The number of rotatable bonds is 5. The molecule has 2 aromatic rings. The number of benzene rings is 2. The van der Waals surface area contributed by atoms with E-state index in [2.05, 4.69) is 15.4 Å². The van der Waals surface area contributed by atoms with E-state index in [9.17, 15) is 13.2 Å². The van der Waals surface area contributed by atoms with Crippen LogP contribution in [0.3, 0.4) is 0 Å². The molecule has 1 heterocycles. The third kappa shape index (κ3) is 4.65. The Labute approximate surface area is 159 Å². The molecule has 0 saturated carbocycles. The quantitative estimate of drug-likeness (QED) is 0.728. The van der Waals surface area contributed by atoms with Gasteiger partial charge in [0.05, 0.1) is 17.6 Å². The van der Waals surface area contributed by atoms with Crippen LogP contribution in [0.4, 0.5) is 11.4 Å². The number of ether oxygens (including phenoxy) is 1. The van der Waals surface area contributed by atoms with Crippen molar-refractivity contribution in [2.45, 2.75) is 30.9 Å². The van der Waals surface area contributed by atoms with Crippen LogP contribution in [0.1, 0.15) is 12.5 Å². The largest absolute Gasteiger partial charge is 0.375 e. The van der Waals surface area contributed by atoms with Gasteiger partial charge in [0.1, 0.15) is 6.04 Å². The fourth-order valence-corrected chi connectivity index (χ4v) is 4.26. The highest BCUT2D eigenvalue weighted by molar-refractivity contribution is 7.92. The summed E-state index contributed by atoms with van der Waals surface area (Å²) in [4.78, 5) is 12.6. The molecule has 2 aromatic carbocycles. The Kier molecular flexibility index (Phi) is 5.79. The third-order valence-corrected chi connectivity index (χ3v) is 5.89. The molecular formula is C19H23N3O4S. The van der Waals surface area contributed by atoms with Crippen molar-refractivity contribution in [2.24, 2.45) is 0 Å². The highest BCUT2D eigenvalue weighted by Crippen LogP contribution is 2.23. The normalized spacial score (nSPS) is 20.1. The number of nitrogens with one attached hydrogen (secondary N) is 3. The molecule has 27 heavy (non-hydrogen) atoms. The lowest BCUT2D eigenvalue weighted by atomic mass is 10.1. The van der Waals surface area contributed by atoms with Gasteiger partial charge in [0.2, 0.25) is 5.91 Å². The molecule has 1 saturated heterocycles. The number of sulfonamides is 1. The number of hydrogen-bond donors (Lipinski definition) is 3. The lowest BCUT2D eigenvalue weighted by molar-refractivity contribution is -0.123. The molecule has 0 unspecified atom stereocenters. The van der Waals surface area contributed by atoms with E-state index in [4.69, 9.17) is 4.74 Å². The second kappa shape index (κ2) is 8.08. The topological polar surface area (TPSA) is 96.5 Å². The van der Waals surface area contributed by atoms with E-state index in [0.29, 0.717) is 30.1 Å². The Morgan fingerprint density at radius 3 is 2.59 bits per heavy atom. The number of aryl methyl sites for hydroxylation is 1. The van der Waals surface area contributed by atoms with Crippen molar-refractivity contribution in [3.63, 3.8) is 0 Å². The number of amides is 1. The molecule has 1 aliphatic rings. The molecule has 144 valence electrons. The summed E-state index contributed by atoms with van der Waals surface area (Å²) in [5, 5.41) is 5.88. The van der Waals surface area contributed by atoms with Gasteiger partial charge in [-0.1, -0.05) is 24.3 Å². The van der Waals surface area contributed by atoms with Crippen molar-refractivity contribution in [3.8, 4) is 0 Å². The summed E-state index contributed by atoms with van der Waals surface area (Å²) in [5.74, 6) is -0.259. The summed E-state index contributed by atoms with van der Waals surface area (Å²) in [6.45, 7) is 4.69. The average molecular weight is 389 g/mol. The van der Waals surface area contributed by atoms with Gasteiger partial charge in [-0.05, 0) is 43.7 Å². The first-order chi connectivity index (χ1) is 12.9. The summed E-state index contributed by atoms with van der Waals surface area (Å²) in [6.07, 6.45) is -0.257. The van der Waals surface area contributed by atoms with Crippen molar-refractivity contribution in [1.29, 1.82) is 0 Å². The highest BCUT2D eigenvalue weighted by atomic mass is 32.2. The summed E-state index contributed by atoms with van der Waals surface area (Å²) in [5.41, 5.74) is 1.48. The minimum Gasteiger partial charge on any atom is -0.375 e. The van der Waals surface area contributed by atoms with Crippen molar-refractivity contribution in [2.75, 3.05) is 23.2 Å². The van der Waals surface area contributed by atoms with Gasteiger partial charge in [0, 0.05) is 17.9 Å². The fourth-order valence-electron chi connectivity index (χ4n) is 2.93. The minimum absolute atomic E-state index is 0.116. The number of morpholine rings is 1. The number of carbonyl (C=O) groups excluding carboxylic acids is 1. The van der Waals surface area contributed by atoms with Crippen molar-refractivity contribution >= 4 is 27.3 Å². The second-order valence-electron chi connectivity index (χ2n) is 6.45. The number of para-hydroxylation sites is 1. The maximum atomic E-state index is 12.8. The van der Waals surface area contributed by atoms with Gasteiger partial charge >= 0.3 is 0 Å². The summed E-state index contributed by atoms with van der Waals surface area (Å²) >= 11 is 0. The highest BCUT2D eigenvalue weighted by Gasteiger charge is 2.28. The summed E-state index contributed by atoms with van der Waals surface area (Å²) in [7, 11) is -3.78. The van der Waals surface area contributed by atoms with Gasteiger partial charge < -0.3 is 15.4 Å². The van der Waals surface area contributed by atoms with Gasteiger partial charge in [-0.3, -0.25) is 9.52 Å². The molecule has 8 heteroatoms. The van der Waals surface area contributed by atoms with Crippen LogP contribution in [-0.2, 0) is 19.6 Å². The molecule has 0 aliphatic carbocycles. The molecular weight excluding hydrogens is 366 g/mol. The van der Waals surface area contributed by atoms with Crippen LogP contribution in [0.5, 0.6) is 0 Å². The molecule has 3 rings (SSSR count).